The Morgan fingerprint density at radius 2 is 1.91 bits per heavy atom. The van der Waals surface area contributed by atoms with Crippen LogP contribution in [-0.4, -0.2) is 56.5 Å². The van der Waals surface area contributed by atoms with Crippen LogP contribution in [0.5, 0.6) is 5.75 Å². The lowest BCUT2D eigenvalue weighted by atomic mass is 10.1. The van der Waals surface area contributed by atoms with Crippen molar-refractivity contribution in [2.45, 2.75) is 23.8 Å². The van der Waals surface area contributed by atoms with Crippen LogP contribution >= 0.6 is 11.8 Å². The van der Waals surface area contributed by atoms with Crippen LogP contribution in [-0.2, 0) is 19.6 Å². The minimum Gasteiger partial charge on any atom is -0.497 e. The number of carbonyl (C=O) groups is 1. The first-order valence-corrected chi connectivity index (χ1v) is 9.79. The predicted octanol–water partition coefficient (Wildman–Crippen LogP) is 1.75. The zero-order valence-electron chi connectivity index (χ0n) is 13.4. The number of hydrogen-bond donors (Lipinski definition) is 0. The third-order valence-corrected chi connectivity index (χ3v) is 7.23. The second-order valence-corrected chi connectivity index (χ2v) is 8.39. The predicted molar refractivity (Wildman–Crippen MR) is 89.2 cm³/mol. The SMILES string of the molecule is COC(=O)C1(C)CSCCCN1S(=O)(=O)c1ccc(OC)cc1. The molecule has 0 aliphatic carbocycles. The van der Waals surface area contributed by atoms with Crippen LogP contribution in [0.4, 0.5) is 0 Å². The molecule has 1 saturated heterocycles. The fourth-order valence-electron chi connectivity index (χ4n) is 2.54. The van der Waals surface area contributed by atoms with Crippen LogP contribution in [0, 0.1) is 0 Å². The molecular formula is C15H21NO5S2. The number of nitrogens with zero attached hydrogens (tertiary/aromatic N) is 1. The van der Waals surface area contributed by atoms with E-state index in [0.717, 1.165) is 5.75 Å². The third kappa shape index (κ3) is 3.49. The van der Waals surface area contributed by atoms with Crippen molar-refractivity contribution < 1.29 is 22.7 Å². The highest BCUT2D eigenvalue weighted by atomic mass is 32.2. The summed E-state index contributed by atoms with van der Waals surface area (Å²) in [7, 11) is -1.01. The number of sulfonamides is 1. The number of ether oxygens (including phenoxy) is 2. The normalized spacial score (nSPS) is 23.1. The van der Waals surface area contributed by atoms with Gasteiger partial charge < -0.3 is 9.47 Å². The highest BCUT2D eigenvalue weighted by molar-refractivity contribution is 7.99. The minimum atomic E-state index is -3.81. The summed E-state index contributed by atoms with van der Waals surface area (Å²) in [5, 5.41) is 0. The van der Waals surface area contributed by atoms with Crippen LogP contribution < -0.4 is 4.74 Å². The molecule has 0 radical (unpaired) electrons. The molecule has 0 aromatic heterocycles. The molecule has 1 aliphatic rings. The molecule has 0 amide bonds. The van der Waals surface area contributed by atoms with Gasteiger partial charge >= 0.3 is 5.97 Å². The molecule has 1 fully saturated rings. The monoisotopic (exact) mass is 359 g/mol. The first kappa shape index (κ1) is 18.1. The molecule has 0 bridgehead atoms. The molecule has 0 saturated carbocycles. The van der Waals surface area contributed by atoms with E-state index >= 15 is 0 Å². The Morgan fingerprint density at radius 1 is 1.26 bits per heavy atom. The number of esters is 1. The molecule has 1 atom stereocenters. The molecule has 2 rings (SSSR count). The number of hydrogen-bond acceptors (Lipinski definition) is 6. The molecule has 1 aromatic carbocycles. The maximum atomic E-state index is 13.0. The maximum absolute atomic E-state index is 13.0. The van der Waals surface area contributed by atoms with Gasteiger partial charge in [0.05, 0.1) is 19.1 Å². The first-order chi connectivity index (χ1) is 10.9. The number of methoxy groups -OCH3 is 2. The lowest BCUT2D eigenvalue weighted by molar-refractivity contribution is -0.149. The molecule has 8 heteroatoms. The second-order valence-electron chi connectivity index (χ2n) is 5.42. The molecule has 0 spiro atoms. The Kier molecular flexibility index (Phi) is 5.59. The molecule has 1 unspecified atom stereocenters. The van der Waals surface area contributed by atoms with Gasteiger partial charge in [0.2, 0.25) is 10.0 Å². The smallest absolute Gasteiger partial charge is 0.327 e. The highest BCUT2D eigenvalue weighted by Crippen LogP contribution is 2.32. The van der Waals surface area contributed by atoms with Gasteiger partial charge in [-0.1, -0.05) is 0 Å². The summed E-state index contributed by atoms with van der Waals surface area (Å²) in [6, 6.07) is 6.16. The van der Waals surface area contributed by atoms with Crippen molar-refractivity contribution in [2.24, 2.45) is 0 Å². The molecule has 1 heterocycles. The largest absolute Gasteiger partial charge is 0.497 e. The standard InChI is InChI=1S/C15H21NO5S2/c1-15(14(17)21-3)11-22-10-4-9-16(15)23(18,19)13-7-5-12(20-2)6-8-13/h5-8H,4,9-11H2,1-3H3. The van der Waals surface area contributed by atoms with Gasteiger partial charge in [-0.05, 0) is 43.4 Å². The molecule has 23 heavy (non-hydrogen) atoms. The molecule has 128 valence electrons. The Morgan fingerprint density at radius 3 is 2.48 bits per heavy atom. The number of benzene rings is 1. The van der Waals surface area contributed by atoms with E-state index in [0.29, 0.717) is 17.9 Å². The fourth-order valence-corrected chi connectivity index (χ4v) is 5.54. The Hall–Kier alpha value is -1.25. The van der Waals surface area contributed by atoms with Gasteiger partial charge in [0.15, 0.2) is 0 Å². The number of thioether (sulfide) groups is 1. The maximum Gasteiger partial charge on any atom is 0.327 e. The van der Waals surface area contributed by atoms with Crippen LogP contribution in [0.2, 0.25) is 0 Å². The second kappa shape index (κ2) is 7.11. The average molecular weight is 359 g/mol. The van der Waals surface area contributed by atoms with Crippen molar-refractivity contribution in [2.75, 3.05) is 32.3 Å². The summed E-state index contributed by atoms with van der Waals surface area (Å²) in [5.74, 6) is 1.21. The molecule has 6 nitrogen and oxygen atoms in total. The van der Waals surface area contributed by atoms with Crippen molar-refractivity contribution in [3.05, 3.63) is 24.3 Å². The van der Waals surface area contributed by atoms with Gasteiger partial charge in [-0.25, -0.2) is 13.2 Å². The van der Waals surface area contributed by atoms with Crippen LogP contribution in [0.3, 0.4) is 0 Å². The lowest BCUT2D eigenvalue weighted by Gasteiger charge is -2.35. The van der Waals surface area contributed by atoms with Crippen LogP contribution in [0.25, 0.3) is 0 Å². The summed E-state index contributed by atoms with van der Waals surface area (Å²) in [5.41, 5.74) is -1.21. The van der Waals surface area contributed by atoms with Gasteiger partial charge in [0.1, 0.15) is 11.3 Å². The van der Waals surface area contributed by atoms with Crippen LogP contribution in [0.1, 0.15) is 13.3 Å². The lowest BCUT2D eigenvalue weighted by Crippen LogP contribution is -2.56. The zero-order valence-corrected chi connectivity index (χ0v) is 15.1. The topological polar surface area (TPSA) is 72.9 Å². The zero-order chi connectivity index (χ0) is 17.1. The summed E-state index contributed by atoms with van der Waals surface area (Å²) < 4.78 is 37.3. The molecule has 0 N–H and O–H groups in total. The van der Waals surface area contributed by atoms with E-state index in [-0.39, 0.29) is 11.4 Å². The summed E-state index contributed by atoms with van der Waals surface area (Å²) in [6.45, 7) is 1.91. The number of carbonyl (C=O) groups excluding carboxylic acids is 1. The Labute approximate surface area is 141 Å². The summed E-state index contributed by atoms with van der Waals surface area (Å²) in [6.07, 6.45) is 0.687. The van der Waals surface area contributed by atoms with Crippen molar-refractivity contribution in [3.63, 3.8) is 0 Å². The number of rotatable bonds is 4. The van der Waals surface area contributed by atoms with Gasteiger partial charge in [-0.2, -0.15) is 16.1 Å². The van der Waals surface area contributed by atoms with E-state index in [1.807, 2.05) is 0 Å². The van der Waals surface area contributed by atoms with E-state index in [1.165, 1.54) is 30.7 Å². The van der Waals surface area contributed by atoms with E-state index < -0.39 is 21.5 Å². The molecular weight excluding hydrogens is 338 g/mol. The van der Waals surface area contributed by atoms with E-state index in [4.69, 9.17) is 9.47 Å². The van der Waals surface area contributed by atoms with Crippen molar-refractivity contribution >= 4 is 27.8 Å². The summed E-state index contributed by atoms with van der Waals surface area (Å²) in [4.78, 5) is 12.4. The Balaban J connectivity index is 2.46. The van der Waals surface area contributed by atoms with E-state index in [9.17, 15) is 13.2 Å². The fraction of sp³-hybridized carbons (Fsp3) is 0.533. The van der Waals surface area contributed by atoms with Gasteiger partial charge in [0, 0.05) is 12.3 Å². The quantitative estimate of drug-likeness (QED) is 0.763. The summed E-state index contributed by atoms with van der Waals surface area (Å²) >= 11 is 1.56. The molecule has 1 aromatic rings. The van der Waals surface area contributed by atoms with E-state index in [1.54, 1.807) is 30.8 Å². The Bertz CT molecular complexity index is 659. The van der Waals surface area contributed by atoms with Gasteiger partial charge in [-0.3, -0.25) is 0 Å². The van der Waals surface area contributed by atoms with Gasteiger partial charge in [-0.15, -0.1) is 0 Å². The van der Waals surface area contributed by atoms with Crippen LogP contribution in [0.15, 0.2) is 29.2 Å². The van der Waals surface area contributed by atoms with Crippen molar-refractivity contribution in [1.29, 1.82) is 0 Å². The highest BCUT2D eigenvalue weighted by Gasteiger charge is 2.48. The average Bonchev–Trinajstić information content (AvgIpc) is 2.77. The molecule has 1 aliphatic heterocycles. The van der Waals surface area contributed by atoms with Gasteiger partial charge in [0.25, 0.3) is 0 Å². The minimum absolute atomic E-state index is 0.139. The first-order valence-electron chi connectivity index (χ1n) is 7.19. The third-order valence-electron chi connectivity index (χ3n) is 3.86. The van der Waals surface area contributed by atoms with Crippen molar-refractivity contribution in [3.8, 4) is 5.75 Å². The van der Waals surface area contributed by atoms with E-state index in [2.05, 4.69) is 0 Å². The van der Waals surface area contributed by atoms with Crippen molar-refractivity contribution in [1.82, 2.24) is 4.31 Å².